The molecule has 1 heterocycles. The van der Waals surface area contributed by atoms with Gasteiger partial charge in [0, 0.05) is 5.02 Å². The first-order valence-electron chi connectivity index (χ1n) is 5.21. The van der Waals surface area contributed by atoms with Crippen LogP contribution >= 0.6 is 23.4 Å². The molecule has 0 unspecified atom stereocenters. The molecule has 0 saturated carbocycles. The van der Waals surface area contributed by atoms with Crippen molar-refractivity contribution in [1.29, 1.82) is 0 Å². The molecule has 1 aromatic carbocycles. The fraction of sp³-hybridized carbons (Fsp3) is 0.182. The summed E-state index contributed by atoms with van der Waals surface area (Å²) >= 11 is 6.81. The van der Waals surface area contributed by atoms with E-state index in [1.165, 1.54) is 22.8 Å². The minimum atomic E-state index is -0.983. The lowest BCUT2D eigenvalue weighted by atomic mass is 10.3. The molecule has 19 heavy (non-hydrogen) atoms. The van der Waals surface area contributed by atoms with Crippen LogP contribution in [0.4, 0.5) is 4.39 Å². The number of thioether (sulfide) groups is 1. The highest BCUT2D eigenvalue weighted by atomic mass is 35.5. The summed E-state index contributed by atoms with van der Waals surface area (Å²) < 4.78 is 15.3. The molecule has 0 atom stereocenters. The minimum Gasteiger partial charge on any atom is -0.481 e. The van der Waals surface area contributed by atoms with Crippen molar-refractivity contribution in [1.82, 2.24) is 14.8 Å². The number of aliphatic carboxylic acids is 1. The molecular weight excluding hydrogens is 293 g/mol. The van der Waals surface area contributed by atoms with E-state index in [4.69, 9.17) is 16.7 Å². The quantitative estimate of drug-likeness (QED) is 0.879. The smallest absolute Gasteiger partial charge is 0.313 e. The second kappa shape index (κ2) is 5.58. The van der Waals surface area contributed by atoms with Gasteiger partial charge in [-0.3, -0.25) is 9.36 Å². The lowest BCUT2D eigenvalue weighted by Crippen LogP contribution is -2.04. The summed E-state index contributed by atoms with van der Waals surface area (Å²) in [5, 5.41) is 17.0. The first kappa shape index (κ1) is 13.8. The number of hydrogen-bond acceptors (Lipinski definition) is 4. The maximum absolute atomic E-state index is 13.8. The highest BCUT2D eigenvalue weighted by Gasteiger charge is 2.16. The number of benzene rings is 1. The normalized spacial score (nSPS) is 10.7. The SMILES string of the molecule is Cc1nnc(SCC(=O)O)n1-c1cc(Cl)ccc1F. The largest absolute Gasteiger partial charge is 0.481 e. The molecule has 0 aliphatic rings. The third-order valence-electron chi connectivity index (χ3n) is 2.27. The molecule has 2 rings (SSSR count). The zero-order valence-electron chi connectivity index (χ0n) is 9.80. The standard InChI is InChI=1S/C11H9ClFN3O2S/c1-6-14-15-11(19-5-10(17)18)16(6)9-4-7(12)2-3-8(9)13/h2-4H,5H2,1H3,(H,17,18). The van der Waals surface area contributed by atoms with Crippen LogP contribution in [0.15, 0.2) is 23.4 Å². The lowest BCUT2D eigenvalue weighted by Gasteiger charge is -2.09. The van der Waals surface area contributed by atoms with E-state index in [1.54, 1.807) is 6.92 Å². The number of aryl methyl sites for hydroxylation is 1. The van der Waals surface area contributed by atoms with E-state index in [0.29, 0.717) is 16.0 Å². The maximum atomic E-state index is 13.8. The minimum absolute atomic E-state index is 0.180. The van der Waals surface area contributed by atoms with Crippen LogP contribution in [0, 0.1) is 12.7 Å². The van der Waals surface area contributed by atoms with Crippen LogP contribution in [-0.2, 0) is 4.79 Å². The number of carboxylic acid groups (broad SMARTS) is 1. The number of rotatable bonds is 4. The van der Waals surface area contributed by atoms with Gasteiger partial charge >= 0.3 is 5.97 Å². The average molecular weight is 302 g/mol. The Bertz CT molecular complexity index is 632. The lowest BCUT2D eigenvalue weighted by molar-refractivity contribution is -0.133. The second-order valence-corrected chi connectivity index (χ2v) is 5.02. The Hall–Kier alpha value is -1.60. The highest BCUT2D eigenvalue weighted by molar-refractivity contribution is 7.99. The van der Waals surface area contributed by atoms with Gasteiger partial charge in [0.2, 0.25) is 0 Å². The fourth-order valence-electron chi connectivity index (χ4n) is 1.50. The van der Waals surface area contributed by atoms with E-state index >= 15 is 0 Å². The van der Waals surface area contributed by atoms with Gasteiger partial charge in [-0.2, -0.15) is 0 Å². The van der Waals surface area contributed by atoms with E-state index < -0.39 is 11.8 Å². The van der Waals surface area contributed by atoms with Crippen molar-refractivity contribution < 1.29 is 14.3 Å². The third kappa shape index (κ3) is 3.05. The van der Waals surface area contributed by atoms with Crippen LogP contribution in [-0.4, -0.2) is 31.6 Å². The monoisotopic (exact) mass is 301 g/mol. The number of hydrogen-bond donors (Lipinski definition) is 1. The molecule has 0 aliphatic carbocycles. The van der Waals surface area contributed by atoms with Crippen molar-refractivity contribution >= 4 is 29.3 Å². The summed E-state index contributed by atoms with van der Waals surface area (Å²) in [5.74, 6) is -1.19. The van der Waals surface area contributed by atoms with Crippen molar-refractivity contribution in [2.24, 2.45) is 0 Å². The summed E-state index contributed by atoms with van der Waals surface area (Å²) in [6.45, 7) is 1.65. The Morgan fingerprint density at radius 3 is 2.95 bits per heavy atom. The predicted molar refractivity (Wildman–Crippen MR) is 69.4 cm³/mol. The fourth-order valence-corrected chi connectivity index (χ4v) is 2.37. The van der Waals surface area contributed by atoms with Crippen LogP contribution in [0.3, 0.4) is 0 Å². The summed E-state index contributed by atoms with van der Waals surface area (Å²) in [6.07, 6.45) is 0. The van der Waals surface area contributed by atoms with Crippen LogP contribution in [0.5, 0.6) is 0 Å². The molecular formula is C11H9ClFN3O2S. The van der Waals surface area contributed by atoms with Crippen LogP contribution in [0.1, 0.15) is 5.82 Å². The highest BCUT2D eigenvalue weighted by Crippen LogP contribution is 2.25. The molecule has 0 radical (unpaired) electrons. The van der Waals surface area contributed by atoms with Gasteiger partial charge in [0.15, 0.2) is 5.16 Å². The van der Waals surface area contributed by atoms with Gasteiger partial charge in [-0.05, 0) is 25.1 Å². The molecule has 100 valence electrons. The molecule has 2 aromatic rings. The van der Waals surface area contributed by atoms with Gasteiger partial charge in [0.25, 0.3) is 0 Å². The molecule has 5 nitrogen and oxygen atoms in total. The first-order valence-corrected chi connectivity index (χ1v) is 6.57. The summed E-state index contributed by atoms with van der Waals surface area (Å²) in [4.78, 5) is 10.6. The molecule has 0 fully saturated rings. The number of nitrogens with zero attached hydrogens (tertiary/aromatic N) is 3. The summed E-state index contributed by atoms with van der Waals surface area (Å²) in [7, 11) is 0. The van der Waals surface area contributed by atoms with E-state index in [0.717, 1.165) is 11.8 Å². The predicted octanol–water partition coefficient (Wildman–Crippen LogP) is 2.54. The van der Waals surface area contributed by atoms with Crippen molar-refractivity contribution in [2.45, 2.75) is 12.1 Å². The summed E-state index contributed by atoms with van der Waals surface area (Å²) in [5.41, 5.74) is 0.197. The van der Waals surface area contributed by atoms with E-state index in [-0.39, 0.29) is 11.4 Å². The Balaban J connectivity index is 2.46. The van der Waals surface area contributed by atoms with Gasteiger partial charge in [0.05, 0.1) is 11.4 Å². The maximum Gasteiger partial charge on any atom is 0.313 e. The van der Waals surface area contributed by atoms with Crippen LogP contribution in [0.2, 0.25) is 5.02 Å². The van der Waals surface area contributed by atoms with Gasteiger partial charge in [0.1, 0.15) is 11.6 Å². The number of aromatic nitrogens is 3. The Kier molecular flexibility index (Phi) is 4.06. The molecule has 0 aliphatic heterocycles. The molecule has 0 spiro atoms. The van der Waals surface area contributed by atoms with Gasteiger partial charge in [-0.15, -0.1) is 10.2 Å². The topological polar surface area (TPSA) is 68.0 Å². The van der Waals surface area contributed by atoms with Gasteiger partial charge < -0.3 is 5.11 Å². The molecule has 0 saturated heterocycles. The summed E-state index contributed by atoms with van der Waals surface area (Å²) in [6, 6.07) is 4.12. The molecule has 8 heteroatoms. The zero-order valence-corrected chi connectivity index (χ0v) is 11.4. The number of carboxylic acids is 1. The number of carbonyl (C=O) groups is 1. The molecule has 1 aromatic heterocycles. The average Bonchev–Trinajstić information content (AvgIpc) is 2.71. The van der Waals surface area contributed by atoms with Crippen LogP contribution in [0.25, 0.3) is 5.69 Å². The molecule has 0 bridgehead atoms. The third-order valence-corrected chi connectivity index (χ3v) is 3.42. The van der Waals surface area contributed by atoms with E-state index in [2.05, 4.69) is 10.2 Å². The Labute approximate surface area is 117 Å². The van der Waals surface area contributed by atoms with Crippen molar-refractivity contribution in [3.8, 4) is 5.69 Å². The van der Waals surface area contributed by atoms with Crippen LogP contribution < -0.4 is 0 Å². The van der Waals surface area contributed by atoms with Gasteiger partial charge in [-0.1, -0.05) is 23.4 Å². The van der Waals surface area contributed by atoms with E-state index in [1.807, 2.05) is 0 Å². The first-order chi connectivity index (χ1) is 8.99. The van der Waals surface area contributed by atoms with Crippen molar-refractivity contribution in [3.05, 3.63) is 34.9 Å². The zero-order chi connectivity index (χ0) is 14.0. The Morgan fingerprint density at radius 2 is 2.26 bits per heavy atom. The Morgan fingerprint density at radius 1 is 1.53 bits per heavy atom. The number of halogens is 2. The molecule has 1 N–H and O–H groups in total. The van der Waals surface area contributed by atoms with Crippen molar-refractivity contribution in [3.63, 3.8) is 0 Å². The second-order valence-electron chi connectivity index (χ2n) is 3.64. The van der Waals surface area contributed by atoms with Gasteiger partial charge in [-0.25, -0.2) is 4.39 Å². The molecule has 0 amide bonds. The van der Waals surface area contributed by atoms with Crippen molar-refractivity contribution in [2.75, 3.05) is 5.75 Å². The van der Waals surface area contributed by atoms with E-state index in [9.17, 15) is 9.18 Å².